The van der Waals surface area contributed by atoms with E-state index < -0.39 is 0 Å². The van der Waals surface area contributed by atoms with E-state index in [0.717, 1.165) is 15.9 Å². The van der Waals surface area contributed by atoms with Crippen LogP contribution >= 0.6 is 15.9 Å². The zero-order valence-corrected chi connectivity index (χ0v) is 12.6. The molecule has 0 bridgehead atoms. The maximum atomic E-state index is 11.9. The highest BCUT2D eigenvalue weighted by molar-refractivity contribution is 9.10. The molecule has 4 heteroatoms. The normalized spacial score (nSPS) is 10.5. The summed E-state index contributed by atoms with van der Waals surface area (Å²) in [5.41, 5.74) is 1.55. The Hall–Kier alpha value is -2.07. The molecule has 0 aliphatic carbocycles. The molecule has 0 aliphatic rings. The van der Waals surface area contributed by atoms with Crippen LogP contribution < -0.4 is 10.1 Å². The number of allylic oxidation sites excluding steroid dienone is 1. The van der Waals surface area contributed by atoms with E-state index in [1.807, 2.05) is 36.4 Å². The van der Waals surface area contributed by atoms with Gasteiger partial charge in [0.2, 0.25) is 0 Å². The van der Waals surface area contributed by atoms with E-state index in [1.165, 1.54) is 6.08 Å². The molecule has 3 nitrogen and oxygen atoms in total. The standard InChI is InChI=1S/C16H14BrNO2/c1-20-15-8-6-14(7-9-15)18-11-10-16(19)12-2-4-13(17)5-3-12/h2-11,18H,1H3/b11-10-. The van der Waals surface area contributed by atoms with Crippen molar-refractivity contribution in [2.75, 3.05) is 12.4 Å². The van der Waals surface area contributed by atoms with Crippen LogP contribution in [-0.4, -0.2) is 12.9 Å². The monoisotopic (exact) mass is 331 g/mol. The van der Waals surface area contributed by atoms with E-state index in [9.17, 15) is 4.79 Å². The van der Waals surface area contributed by atoms with Crippen LogP contribution in [0, 0.1) is 0 Å². The summed E-state index contributed by atoms with van der Waals surface area (Å²) in [6.45, 7) is 0. The number of benzene rings is 2. The first-order valence-corrected chi connectivity index (χ1v) is 6.85. The van der Waals surface area contributed by atoms with Crippen LogP contribution in [-0.2, 0) is 0 Å². The van der Waals surface area contributed by atoms with Crippen LogP contribution in [0.25, 0.3) is 0 Å². The molecule has 0 amide bonds. The number of carbonyl (C=O) groups excluding carboxylic acids is 1. The number of ketones is 1. The largest absolute Gasteiger partial charge is 0.497 e. The van der Waals surface area contributed by atoms with Gasteiger partial charge in [0.25, 0.3) is 0 Å². The van der Waals surface area contributed by atoms with Crippen LogP contribution in [0.3, 0.4) is 0 Å². The summed E-state index contributed by atoms with van der Waals surface area (Å²) in [4.78, 5) is 11.9. The molecule has 0 atom stereocenters. The molecule has 20 heavy (non-hydrogen) atoms. The van der Waals surface area contributed by atoms with Gasteiger partial charge in [-0.25, -0.2) is 0 Å². The third kappa shape index (κ3) is 3.96. The van der Waals surface area contributed by atoms with Gasteiger partial charge < -0.3 is 10.1 Å². The van der Waals surface area contributed by atoms with Gasteiger partial charge in [-0.1, -0.05) is 15.9 Å². The van der Waals surface area contributed by atoms with E-state index in [2.05, 4.69) is 21.2 Å². The first-order chi connectivity index (χ1) is 9.69. The summed E-state index contributed by atoms with van der Waals surface area (Å²) in [6, 6.07) is 14.7. The van der Waals surface area contributed by atoms with Gasteiger partial charge in [0.15, 0.2) is 5.78 Å². The average molecular weight is 332 g/mol. The highest BCUT2D eigenvalue weighted by atomic mass is 79.9. The Balaban J connectivity index is 1.95. The minimum absolute atomic E-state index is 0.0430. The number of hydrogen-bond donors (Lipinski definition) is 1. The van der Waals surface area contributed by atoms with Crippen molar-refractivity contribution in [2.45, 2.75) is 0 Å². The first kappa shape index (κ1) is 14.3. The fourth-order valence-electron chi connectivity index (χ4n) is 1.61. The topological polar surface area (TPSA) is 38.3 Å². The van der Waals surface area contributed by atoms with Gasteiger partial charge in [0.05, 0.1) is 7.11 Å². The van der Waals surface area contributed by atoms with Gasteiger partial charge >= 0.3 is 0 Å². The second-order valence-corrected chi connectivity index (χ2v) is 4.99. The van der Waals surface area contributed by atoms with Crippen molar-refractivity contribution < 1.29 is 9.53 Å². The SMILES string of the molecule is COc1ccc(N/C=C\C(=O)c2ccc(Br)cc2)cc1. The summed E-state index contributed by atoms with van der Waals surface area (Å²) in [6.07, 6.45) is 3.14. The third-order valence-electron chi connectivity index (χ3n) is 2.70. The number of hydrogen-bond acceptors (Lipinski definition) is 3. The second-order valence-electron chi connectivity index (χ2n) is 4.08. The Bertz CT molecular complexity index is 603. The minimum atomic E-state index is -0.0430. The van der Waals surface area contributed by atoms with Gasteiger partial charge in [0, 0.05) is 28.0 Å². The van der Waals surface area contributed by atoms with Gasteiger partial charge in [-0.05, 0) is 48.5 Å². The predicted molar refractivity (Wildman–Crippen MR) is 84.2 cm³/mol. The van der Waals surface area contributed by atoms with Crippen molar-refractivity contribution in [1.82, 2.24) is 0 Å². The Morgan fingerprint density at radius 1 is 1.10 bits per heavy atom. The molecule has 0 heterocycles. The number of carbonyl (C=O) groups is 1. The van der Waals surface area contributed by atoms with Crippen LogP contribution in [0.15, 0.2) is 65.3 Å². The molecule has 2 rings (SSSR count). The van der Waals surface area contributed by atoms with Gasteiger partial charge in [0.1, 0.15) is 5.75 Å². The van der Waals surface area contributed by atoms with E-state index in [-0.39, 0.29) is 5.78 Å². The number of halogens is 1. The molecular weight excluding hydrogens is 318 g/mol. The Labute approximate surface area is 126 Å². The van der Waals surface area contributed by atoms with Crippen molar-refractivity contribution >= 4 is 27.4 Å². The number of rotatable bonds is 5. The zero-order chi connectivity index (χ0) is 14.4. The summed E-state index contributed by atoms with van der Waals surface area (Å²) in [5.74, 6) is 0.754. The van der Waals surface area contributed by atoms with Crippen LogP contribution in [0.4, 0.5) is 5.69 Å². The quantitative estimate of drug-likeness (QED) is 0.656. The Morgan fingerprint density at radius 3 is 2.35 bits per heavy atom. The summed E-state index contributed by atoms with van der Waals surface area (Å²) in [7, 11) is 1.62. The maximum Gasteiger partial charge on any atom is 0.187 e. The Morgan fingerprint density at radius 2 is 1.75 bits per heavy atom. The van der Waals surface area contributed by atoms with Crippen LogP contribution in [0.1, 0.15) is 10.4 Å². The lowest BCUT2D eigenvalue weighted by Gasteiger charge is -2.02. The van der Waals surface area contributed by atoms with Gasteiger partial charge in [-0.15, -0.1) is 0 Å². The highest BCUT2D eigenvalue weighted by Crippen LogP contribution is 2.15. The lowest BCUT2D eigenvalue weighted by molar-refractivity contribution is 0.104. The number of ether oxygens (including phenoxy) is 1. The van der Waals surface area contributed by atoms with E-state index in [0.29, 0.717) is 5.56 Å². The molecule has 0 saturated heterocycles. The molecule has 0 radical (unpaired) electrons. The fourth-order valence-corrected chi connectivity index (χ4v) is 1.88. The molecular formula is C16H14BrNO2. The molecule has 2 aromatic rings. The molecule has 2 aromatic carbocycles. The lowest BCUT2D eigenvalue weighted by Crippen LogP contribution is -1.96. The molecule has 1 N–H and O–H groups in total. The second kappa shape index (κ2) is 6.91. The molecule has 0 unspecified atom stereocenters. The lowest BCUT2D eigenvalue weighted by atomic mass is 10.1. The molecule has 0 aromatic heterocycles. The van der Waals surface area contributed by atoms with E-state index in [1.54, 1.807) is 25.4 Å². The van der Waals surface area contributed by atoms with Crippen LogP contribution in [0.5, 0.6) is 5.75 Å². The minimum Gasteiger partial charge on any atom is -0.497 e. The van der Waals surface area contributed by atoms with Crippen molar-refractivity contribution in [3.8, 4) is 5.75 Å². The van der Waals surface area contributed by atoms with Gasteiger partial charge in [-0.3, -0.25) is 4.79 Å². The van der Waals surface area contributed by atoms with Crippen molar-refractivity contribution in [3.05, 3.63) is 70.8 Å². The molecule has 0 fully saturated rings. The third-order valence-corrected chi connectivity index (χ3v) is 3.23. The molecule has 0 aliphatic heterocycles. The zero-order valence-electron chi connectivity index (χ0n) is 11.0. The predicted octanol–water partition coefficient (Wildman–Crippen LogP) is 4.27. The number of nitrogens with one attached hydrogen (secondary N) is 1. The molecule has 0 saturated carbocycles. The fraction of sp³-hybridized carbons (Fsp3) is 0.0625. The van der Waals surface area contributed by atoms with Crippen molar-refractivity contribution in [1.29, 1.82) is 0 Å². The van der Waals surface area contributed by atoms with Crippen molar-refractivity contribution in [2.24, 2.45) is 0 Å². The average Bonchev–Trinajstić information content (AvgIpc) is 2.48. The Kier molecular flexibility index (Phi) is 4.96. The maximum absolute atomic E-state index is 11.9. The van der Waals surface area contributed by atoms with E-state index in [4.69, 9.17) is 4.74 Å². The summed E-state index contributed by atoms with van der Waals surface area (Å²) < 4.78 is 6.03. The highest BCUT2D eigenvalue weighted by Gasteiger charge is 2.00. The van der Waals surface area contributed by atoms with Gasteiger partial charge in [-0.2, -0.15) is 0 Å². The number of methoxy groups -OCH3 is 1. The molecule has 102 valence electrons. The summed E-state index contributed by atoms with van der Waals surface area (Å²) >= 11 is 3.34. The summed E-state index contributed by atoms with van der Waals surface area (Å²) in [5, 5.41) is 3.04. The van der Waals surface area contributed by atoms with E-state index >= 15 is 0 Å². The number of anilines is 1. The van der Waals surface area contributed by atoms with Crippen molar-refractivity contribution in [3.63, 3.8) is 0 Å². The first-order valence-electron chi connectivity index (χ1n) is 6.06. The molecule has 0 spiro atoms. The smallest absolute Gasteiger partial charge is 0.187 e. The van der Waals surface area contributed by atoms with Crippen LogP contribution in [0.2, 0.25) is 0 Å².